The predicted molar refractivity (Wildman–Crippen MR) is 87.3 cm³/mol. The van der Waals surface area contributed by atoms with E-state index in [1.54, 1.807) is 0 Å². The maximum Gasteiger partial charge on any atom is -0.0262 e. The molecule has 1 fully saturated rings. The molecule has 0 aliphatic heterocycles. The zero-order valence-corrected chi connectivity index (χ0v) is 13.8. The van der Waals surface area contributed by atoms with Crippen LogP contribution in [0.15, 0.2) is 12.2 Å². The normalized spacial score (nSPS) is 29.2. The molecule has 19 heavy (non-hydrogen) atoms. The molecule has 112 valence electrons. The summed E-state index contributed by atoms with van der Waals surface area (Å²) in [5.41, 5.74) is 0. The average molecular weight is 264 g/mol. The molecule has 1 aliphatic carbocycles. The van der Waals surface area contributed by atoms with Gasteiger partial charge in [-0.1, -0.05) is 78.4 Å². The molecule has 0 aromatic carbocycles. The van der Waals surface area contributed by atoms with Crippen LogP contribution in [0, 0.1) is 23.7 Å². The Bertz CT molecular complexity index is 240. The van der Waals surface area contributed by atoms with Crippen LogP contribution >= 0.6 is 0 Å². The molecule has 0 spiro atoms. The minimum atomic E-state index is 0.788. The van der Waals surface area contributed by atoms with E-state index in [0.29, 0.717) is 0 Å². The van der Waals surface area contributed by atoms with E-state index in [9.17, 15) is 0 Å². The molecule has 0 bridgehead atoms. The van der Waals surface area contributed by atoms with E-state index in [4.69, 9.17) is 0 Å². The fraction of sp³-hybridized carbons (Fsp3) is 0.895. The molecule has 1 aliphatic rings. The van der Waals surface area contributed by atoms with Crippen LogP contribution in [0.25, 0.3) is 0 Å². The van der Waals surface area contributed by atoms with E-state index >= 15 is 0 Å². The molecule has 0 N–H and O–H groups in total. The van der Waals surface area contributed by atoms with E-state index in [2.05, 4.69) is 39.8 Å². The number of unbranched alkanes of at least 4 members (excludes halogenated alkanes) is 4. The van der Waals surface area contributed by atoms with Crippen molar-refractivity contribution in [3.8, 4) is 0 Å². The largest absolute Gasteiger partial charge is 0.0880 e. The van der Waals surface area contributed by atoms with Gasteiger partial charge in [0.05, 0.1) is 0 Å². The average Bonchev–Trinajstić information content (AvgIpc) is 2.70. The summed E-state index contributed by atoms with van der Waals surface area (Å²) in [6.07, 6.45) is 17.6. The van der Waals surface area contributed by atoms with Crippen molar-refractivity contribution in [3.63, 3.8) is 0 Å². The molecule has 0 aromatic rings. The highest BCUT2D eigenvalue weighted by atomic mass is 14.3. The van der Waals surface area contributed by atoms with E-state index in [-0.39, 0.29) is 0 Å². The molecule has 4 atom stereocenters. The molecule has 0 heteroatoms. The molecule has 1 saturated carbocycles. The zero-order chi connectivity index (χ0) is 14.1. The third kappa shape index (κ3) is 6.63. The van der Waals surface area contributed by atoms with Crippen LogP contribution in [0.2, 0.25) is 0 Å². The highest BCUT2D eigenvalue weighted by molar-refractivity contribution is 4.91. The second-order valence-electron chi connectivity index (χ2n) is 7.02. The standard InChI is InChI=1S/C19H36/c1-5-6-7-8-9-11-16(2)12-10-13-19-15-14-17(3)18(19)4/h10,12,16-19H,5-9,11,13-15H2,1-4H3. The summed E-state index contributed by atoms with van der Waals surface area (Å²) in [4.78, 5) is 0. The summed E-state index contributed by atoms with van der Waals surface area (Å²) in [6.45, 7) is 9.55. The maximum absolute atomic E-state index is 2.48. The minimum Gasteiger partial charge on any atom is -0.0880 e. The molecular formula is C19H36. The Morgan fingerprint density at radius 3 is 2.42 bits per heavy atom. The highest BCUT2D eigenvalue weighted by Gasteiger charge is 2.28. The summed E-state index contributed by atoms with van der Waals surface area (Å²) in [7, 11) is 0. The van der Waals surface area contributed by atoms with Gasteiger partial charge < -0.3 is 0 Å². The van der Waals surface area contributed by atoms with Gasteiger partial charge in [-0.15, -0.1) is 0 Å². The lowest BCUT2D eigenvalue weighted by Gasteiger charge is -2.16. The van der Waals surface area contributed by atoms with Gasteiger partial charge in [-0.05, 0) is 42.9 Å². The SMILES string of the molecule is CCCCCCCC(C)C=CCC1CCC(C)C1C. The third-order valence-corrected chi connectivity index (χ3v) is 5.30. The van der Waals surface area contributed by atoms with Crippen LogP contribution in [0.4, 0.5) is 0 Å². The quantitative estimate of drug-likeness (QED) is 0.324. The van der Waals surface area contributed by atoms with E-state index in [0.717, 1.165) is 23.7 Å². The number of allylic oxidation sites excluding steroid dienone is 2. The molecule has 0 nitrogen and oxygen atoms in total. The van der Waals surface area contributed by atoms with Crippen molar-refractivity contribution in [2.24, 2.45) is 23.7 Å². The van der Waals surface area contributed by atoms with Crippen molar-refractivity contribution in [2.45, 2.75) is 85.5 Å². The van der Waals surface area contributed by atoms with Gasteiger partial charge in [-0.3, -0.25) is 0 Å². The van der Waals surface area contributed by atoms with E-state index in [1.807, 2.05) is 0 Å². The van der Waals surface area contributed by atoms with Crippen LogP contribution in [0.5, 0.6) is 0 Å². The number of hydrogen-bond donors (Lipinski definition) is 0. The second kappa shape index (κ2) is 9.61. The van der Waals surface area contributed by atoms with Crippen LogP contribution in [-0.2, 0) is 0 Å². The van der Waals surface area contributed by atoms with Crippen molar-refractivity contribution in [1.82, 2.24) is 0 Å². The monoisotopic (exact) mass is 264 g/mol. The molecule has 0 heterocycles. The lowest BCUT2D eigenvalue weighted by Crippen LogP contribution is -2.07. The van der Waals surface area contributed by atoms with Crippen LogP contribution in [0.1, 0.15) is 85.5 Å². The molecule has 4 unspecified atom stereocenters. The van der Waals surface area contributed by atoms with Crippen molar-refractivity contribution in [1.29, 1.82) is 0 Å². The van der Waals surface area contributed by atoms with Gasteiger partial charge in [-0.25, -0.2) is 0 Å². The van der Waals surface area contributed by atoms with Gasteiger partial charge >= 0.3 is 0 Å². The first kappa shape index (κ1) is 16.8. The Morgan fingerprint density at radius 1 is 1.05 bits per heavy atom. The van der Waals surface area contributed by atoms with Crippen molar-refractivity contribution in [2.75, 3.05) is 0 Å². The van der Waals surface area contributed by atoms with Crippen molar-refractivity contribution < 1.29 is 0 Å². The van der Waals surface area contributed by atoms with Gasteiger partial charge in [0.2, 0.25) is 0 Å². The first-order valence-electron chi connectivity index (χ1n) is 8.81. The molecule has 0 saturated heterocycles. The topological polar surface area (TPSA) is 0 Å². The fourth-order valence-corrected chi connectivity index (χ4v) is 3.45. The Morgan fingerprint density at radius 2 is 1.79 bits per heavy atom. The van der Waals surface area contributed by atoms with E-state index < -0.39 is 0 Å². The molecular weight excluding hydrogens is 228 g/mol. The summed E-state index contributed by atoms with van der Waals surface area (Å²) < 4.78 is 0. The Labute approximate surface area is 122 Å². The Balaban J connectivity index is 2.08. The summed E-state index contributed by atoms with van der Waals surface area (Å²) in [5, 5.41) is 0. The number of hydrogen-bond acceptors (Lipinski definition) is 0. The first-order chi connectivity index (χ1) is 9.15. The van der Waals surface area contributed by atoms with Crippen LogP contribution in [-0.4, -0.2) is 0 Å². The summed E-state index contributed by atoms with van der Waals surface area (Å²) in [6, 6.07) is 0. The Hall–Kier alpha value is -0.260. The molecule has 0 radical (unpaired) electrons. The molecule has 0 amide bonds. The predicted octanol–water partition coefficient (Wildman–Crippen LogP) is 6.61. The van der Waals surface area contributed by atoms with Crippen molar-refractivity contribution in [3.05, 3.63) is 12.2 Å². The van der Waals surface area contributed by atoms with Crippen LogP contribution in [0.3, 0.4) is 0 Å². The summed E-state index contributed by atoms with van der Waals surface area (Å²) in [5.74, 6) is 3.64. The molecule has 1 rings (SSSR count). The van der Waals surface area contributed by atoms with Crippen LogP contribution < -0.4 is 0 Å². The van der Waals surface area contributed by atoms with Gasteiger partial charge in [0.25, 0.3) is 0 Å². The van der Waals surface area contributed by atoms with Crippen molar-refractivity contribution >= 4 is 0 Å². The Kier molecular flexibility index (Phi) is 8.50. The smallest absolute Gasteiger partial charge is 0.0262 e. The zero-order valence-electron chi connectivity index (χ0n) is 13.8. The highest BCUT2D eigenvalue weighted by Crippen LogP contribution is 2.38. The maximum atomic E-state index is 2.48. The fourth-order valence-electron chi connectivity index (χ4n) is 3.45. The van der Waals surface area contributed by atoms with Gasteiger partial charge in [0.15, 0.2) is 0 Å². The minimum absolute atomic E-state index is 0.788. The van der Waals surface area contributed by atoms with Gasteiger partial charge in [0, 0.05) is 0 Å². The molecule has 0 aromatic heterocycles. The third-order valence-electron chi connectivity index (χ3n) is 5.30. The number of rotatable bonds is 9. The lowest BCUT2D eigenvalue weighted by atomic mass is 9.89. The van der Waals surface area contributed by atoms with E-state index in [1.165, 1.54) is 57.8 Å². The second-order valence-corrected chi connectivity index (χ2v) is 7.02. The summed E-state index contributed by atoms with van der Waals surface area (Å²) >= 11 is 0. The van der Waals surface area contributed by atoms with Gasteiger partial charge in [-0.2, -0.15) is 0 Å². The van der Waals surface area contributed by atoms with Gasteiger partial charge in [0.1, 0.15) is 0 Å². The first-order valence-corrected chi connectivity index (χ1v) is 8.81. The lowest BCUT2D eigenvalue weighted by molar-refractivity contribution is 0.359.